The standard InChI is InChI=1S/C19H24ClNO2/c1-14(2)21-13-12-19(3,22)15-4-8-17(9-5-15)23-18-10-6-16(20)7-11-18/h4-11,14,21-22H,12-13H2,1-3H3. The lowest BCUT2D eigenvalue weighted by Crippen LogP contribution is -2.31. The van der Waals surface area contributed by atoms with E-state index < -0.39 is 5.60 Å². The Balaban J connectivity index is 1.99. The molecule has 0 saturated heterocycles. The summed E-state index contributed by atoms with van der Waals surface area (Å²) in [5, 5.41) is 14.6. The van der Waals surface area contributed by atoms with E-state index in [2.05, 4.69) is 19.2 Å². The second-order valence-electron chi connectivity index (χ2n) is 6.21. The average Bonchev–Trinajstić information content (AvgIpc) is 2.49. The Bertz CT molecular complexity index is 606. The molecule has 1 unspecified atom stereocenters. The van der Waals surface area contributed by atoms with E-state index in [1.165, 1.54) is 0 Å². The lowest BCUT2D eigenvalue weighted by Gasteiger charge is -2.25. The van der Waals surface area contributed by atoms with Crippen LogP contribution in [0.3, 0.4) is 0 Å². The van der Waals surface area contributed by atoms with Crippen molar-refractivity contribution in [3.63, 3.8) is 0 Å². The van der Waals surface area contributed by atoms with Crippen LogP contribution < -0.4 is 10.1 Å². The van der Waals surface area contributed by atoms with Gasteiger partial charge in [-0.1, -0.05) is 37.6 Å². The molecule has 3 nitrogen and oxygen atoms in total. The quantitative estimate of drug-likeness (QED) is 0.769. The van der Waals surface area contributed by atoms with Gasteiger partial charge < -0.3 is 15.2 Å². The predicted molar refractivity (Wildman–Crippen MR) is 95.3 cm³/mol. The average molecular weight is 334 g/mol. The van der Waals surface area contributed by atoms with Crippen LogP contribution in [0.25, 0.3) is 0 Å². The van der Waals surface area contributed by atoms with Gasteiger partial charge >= 0.3 is 0 Å². The van der Waals surface area contributed by atoms with Crippen LogP contribution in [0, 0.1) is 0 Å². The second kappa shape index (κ2) is 7.82. The Morgan fingerprint density at radius 3 is 2.09 bits per heavy atom. The number of hydrogen-bond donors (Lipinski definition) is 2. The van der Waals surface area contributed by atoms with Gasteiger partial charge in [-0.25, -0.2) is 0 Å². The van der Waals surface area contributed by atoms with Crippen molar-refractivity contribution in [1.82, 2.24) is 5.32 Å². The summed E-state index contributed by atoms with van der Waals surface area (Å²) < 4.78 is 5.76. The van der Waals surface area contributed by atoms with Gasteiger partial charge in [0.15, 0.2) is 0 Å². The fourth-order valence-electron chi connectivity index (χ4n) is 2.27. The van der Waals surface area contributed by atoms with Crippen molar-refractivity contribution in [3.05, 3.63) is 59.1 Å². The maximum absolute atomic E-state index is 10.6. The summed E-state index contributed by atoms with van der Waals surface area (Å²) in [5.74, 6) is 1.46. The van der Waals surface area contributed by atoms with Crippen LogP contribution in [0.1, 0.15) is 32.8 Å². The summed E-state index contributed by atoms with van der Waals surface area (Å²) >= 11 is 5.86. The van der Waals surface area contributed by atoms with Crippen molar-refractivity contribution >= 4 is 11.6 Å². The first kappa shape index (κ1) is 17.8. The van der Waals surface area contributed by atoms with Crippen LogP contribution in [-0.4, -0.2) is 17.7 Å². The number of halogens is 1. The predicted octanol–water partition coefficient (Wildman–Crippen LogP) is 4.73. The van der Waals surface area contributed by atoms with Gasteiger partial charge in [0.25, 0.3) is 0 Å². The Morgan fingerprint density at radius 2 is 1.57 bits per heavy atom. The van der Waals surface area contributed by atoms with Gasteiger partial charge in [-0.3, -0.25) is 0 Å². The normalized spacial score (nSPS) is 13.8. The van der Waals surface area contributed by atoms with Crippen molar-refractivity contribution in [2.75, 3.05) is 6.54 Å². The lowest BCUT2D eigenvalue weighted by atomic mass is 9.92. The molecule has 2 rings (SSSR count). The summed E-state index contributed by atoms with van der Waals surface area (Å²) in [4.78, 5) is 0. The third-order valence-electron chi connectivity index (χ3n) is 3.69. The van der Waals surface area contributed by atoms with Gasteiger partial charge in [-0.15, -0.1) is 0 Å². The Kier molecular flexibility index (Phi) is 6.05. The molecule has 23 heavy (non-hydrogen) atoms. The summed E-state index contributed by atoms with van der Waals surface area (Å²) in [6, 6.07) is 15.2. The molecule has 0 saturated carbocycles. The highest BCUT2D eigenvalue weighted by molar-refractivity contribution is 6.30. The molecule has 0 amide bonds. The largest absolute Gasteiger partial charge is 0.457 e. The van der Waals surface area contributed by atoms with Crippen molar-refractivity contribution in [2.45, 2.75) is 38.8 Å². The van der Waals surface area contributed by atoms with E-state index >= 15 is 0 Å². The molecule has 2 aromatic carbocycles. The summed E-state index contributed by atoms with van der Waals surface area (Å²) in [7, 11) is 0. The molecule has 2 N–H and O–H groups in total. The van der Waals surface area contributed by atoms with E-state index in [0.29, 0.717) is 17.5 Å². The molecule has 0 aliphatic carbocycles. The zero-order valence-electron chi connectivity index (χ0n) is 13.8. The molecule has 0 spiro atoms. The molecule has 4 heteroatoms. The van der Waals surface area contributed by atoms with Crippen LogP contribution in [0.15, 0.2) is 48.5 Å². The van der Waals surface area contributed by atoms with Gasteiger partial charge in [0.1, 0.15) is 11.5 Å². The Labute approximate surface area is 143 Å². The fraction of sp³-hybridized carbons (Fsp3) is 0.368. The highest BCUT2D eigenvalue weighted by Crippen LogP contribution is 2.28. The van der Waals surface area contributed by atoms with Gasteiger partial charge in [0.2, 0.25) is 0 Å². The van der Waals surface area contributed by atoms with E-state index in [1.807, 2.05) is 43.3 Å². The summed E-state index contributed by atoms with van der Waals surface area (Å²) in [6.45, 7) is 6.80. The van der Waals surface area contributed by atoms with Crippen LogP contribution in [0.5, 0.6) is 11.5 Å². The molecular weight excluding hydrogens is 310 g/mol. The minimum atomic E-state index is -0.860. The molecule has 0 bridgehead atoms. The minimum absolute atomic E-state index is 0.418. The molecule has 0 fully saturated rings. The number of benzene rings is 2. The molecule has 0 radical (unpaired) electrons. The molecular formula is C19H24ClNO2. The van der Waals surface area contributed by atoms with E-state index in [0.717, 1.165) is 23.6 Å². The Hall–Kier alpha value is -1.55. The minimum Gasteiger partial charge on any atom is -0.457 e. The molecule has 0 aliphatic rings. The van der Waals surface area contributed by atoms with Crippen molar-refractivity contribution in [2.24, 2.45) is 0 Å². The number of nitrogens with one attached hydrogen (secondary N) is 1. The number of ether oxygens (including phenoxy) is 1. The van der Waals surface area contributed by atoms with Crippen LogP contribution in [0.4, 0.5) is 0 Å². The summed E-state index contributed by atoms with van der Waals surface area (Å²) in [5.41, 5.74) is 0.0206. The number of hydrogen-bond acceptors (Lipinski definition) is 3. The summed E-state index contributed by atoms with van der Waals surface area (Å²) in [6.07, 6.45) is 0.655. The first-order valence-corrected chi connectivity index (χ1v) is 8.24. The molecule has 1 atom stereocenters. The topological polar surface area (TPSA) is 41.5 Å². The molecule has 0 heterocycles. The monoisotopic (exact) mass is 333 g/mol. The first-order chi connectivity index (χ1) is 10.9. The van der Waals surface area contributed by atoms with Crippen molar-refractivity contribution in [1.29, 1.82) is 0 Å². The highest BCUT2D eigenvalue weighted by Gasteiger charge is 2.22. The molecule has 0 aromatic heterocycles. The maximum Gasteiger partial charge on any atom is 0.127 e. The molecule has 0 aliphatic heterocycles. The lowest BCUT2D eigenvalue weighted by molar-refractivity contribution is 0.0475. The zero-order valence-corrected chi connectivity index (χ0v) is 14.6. The van der Waals surface area contributed by atoms with E-state index in [1.54, 1.807) is 12.1 Å². The highest BCUT2D eigenvalue weighted by atomic mass is 35.5. The van der Waals surface area contributed by atoms with Crippen LogP contribution in [-0.2, 0) is 5.60 Å². The Morgan fingerprint density at radius 1 is 1.04 bits per heavy atom. The van der Waals surface area contributed by atoms with E-state index in [9.17, 15) is 5.11 Å². The first-order valence-electron chi connectivity index (χ1n) is 7.86. The van der Waals surface area contributed by atoms with Crippen LogP contribution >= 0.6 is 11.6 Å². The van der Waals surface area contributed by atoms with Crippen LogP contribution in [0.2, 0.25) is 5.02 Å². The number of rotatable bonds is 7. The zero-order chi connectivity index (χ0) is 16.9. The molecule has 2 aromatic rings. The fourth-order valence-corrected chi connectivity index (χ4v) is 2.40. The van der Waals surface area contributed by atoms with Gasteiger partial charge in [0.05, 0.1) is 5.60 Å². The number of aliphatic hydroxyl groups is 1. The third-order valence-corrected chi connectivity index (χ3v) is 3.94. The van der Waals surface area contributed by atoms with Gasteiger partial charge in [0, 0.05) is 11.1 Å². The van der Waals surface area contributed by atoms with Crippen molar-refractivity contribution < 1.29 is 9.84 Å². The van der Waals surface area contributed by atoms with Gasteiger partial charge in [-0.05, 0) is 61.9 Å². The third kappa shape index (κ3) is 5.54. The maximum atomic E-state index is 10.6. The SMILES string of the molecule is CC(C)NCCC(C)(O)c1ccc(Oc2ccc(Cl)cc2)cc1. The van der Waals surface area contributed by atoms with Crippen molar-refractivity contribution in [3.8, 4) is 11.5 Å². The van der Waals surface area contributed by atoms with Gasteiger partial charge in [-0.2, -0.15) is 0 Å². The molecule has 124 valence electrons. The smallest absolute Gasteiger partial charge is 0.127 e. The van der Waals surface area contributed by atoms with E-state index in [-0.39, 0.29) is 0 Å². The second-order valence-corrected chi connectivity index (χ2v) is 6.65. The van der Waals surface area contributed by atoms with E-state index in [4.69, 9.17) is 16.3 Å².